The van der Waals surface area contributed by atoms with Crippen LogP contribution in [0, 0.1) is 6.92 Å². The van der Waals surface area contributed by atoms with Crippen LogP contribution in [0.5, 0.6) is 0 Å². The lowest BCUT2D eigenvalue weighted by Crippen LogP contribution is -1.77. The predicted octanol–water partition coefficient (Wildman–Crippen LogP) is 2.39. The molecule has 0 bridgehead atoms. The molecule has 0 aromatic carbocycles. The summed E-state index contributed by atoms with van der Waals surface area (Å²) in [5, 5.41) is 2.91. The zero-order valence-corrected chi connectivity index (χ0v) is 7.21. The summed E-state index contributed by atoms with van der Waals surface area (Å²) in [4.78, 5) is 8.26. The van der Waals surface area contributed by atoms with Gasteiger partial charge in [0, 0.05) is 23.3 Å². The molecule has 3 heteroatoms. The largest absolute Gasteiger partial charge is 0.264 e. The molecule has 0 aliphatic carbocycles. The number of rotatable bonds is 1. The molecule has 0 atom stereocenters. The van der Waals surface area contributed by atoms with Gasteiger partial charge in [0.2, 0.25) is 0 Å². The molecule has 2 nitrogen and oxygen atoms in total. The van der Waals surface area contributed by atoms with Gasteiger partial charge in [-0.3, -0.25) is 4.98 Å². The van der Waals surface area contributed by atoms with Crippen molar-refractivity contribution in [2.75, 3.05) is 0 Å². The SMILES string of the molecule is [CH2]c1csc(-c2cccnc2)n1. The van der Waals surface area contributed by atoms with Crippen LogP contribution in [-0.4, -0.2) is 9.97 Å². The van der Waals surface area contributed by atoms with Crippen LogP contribution in [0.15, 0.2) is 29.9 Å². The lowest BCUT2D eigenvalue weighted by atomic mass is 10.3. The van der Waals surface area contributed by atoms with Crippen molar-refractivity contribution in [3.63, 3.8) is 0 Å². The fourth-order valence-electron chi connectivity index (χ4n) is 0.929. The van der Waals surface area contributed by atoms with Gasteiger partial charge in [-0.25, -0.2) is 4.98 Å². The van der Waals surface area contributed by atoms with Gasteiger partial charge in [0.1, 0.15) is 5.01 Å². The van der Waals surface area contributed by atoms with Gasteiger partial charge in [-0.15, -0.1) is 11.3 Å². The van der Waals surface area contributed by atoms with Gasteiger partial charge < -0.3 is 0 Å². The number of aromatic nitrogens is 2. The molecule has 0 N–H and O–H groups in total. The smallest absolute Gasteiger partial charge is 0.125 e. The van der Waals surface area contributed by atoms with Gasteiger partial charge in [0.15, 0.2) is 0 Å². The van der Waals surface area contributed by atoms with E-state index in [4.69, 9.17) is 0 Å². The van der Waals surface area contributed by atoms with Crippen molar-refractivity contribution in [1.29, 1.82) is 0 Å². The van der Waals surface area contributed by atoms with Crippen LogP contribution in [0.4, 0.5) is 0 Å². The first-order chi connectivity index (χ1) is 5.86. The van der Waals surface area contributed by atoms with Crippen molar-refractivity contribution in [2.45, 2.75) is 0 Å². The number of nitrogens with zero attached hydrogens (tertiary/aromatic N) is 2. The summed E-state index contributed by atoms with van der Waals surface area (Å²) in [5.41, 5.74) is 1.87. The summed E-state index contributed by atoms with van der Waals surface area (Å²) in [7, 11) is 0. The summed E-state index contributed by atoms with van der Waals surface area (Å²) in [6, 6.07) is 3.89. The highest BCUT2D eigenvalue weighted by atomic mass is 32.1. The maximum absolute atomic E-state index is 4.25. The molecule has 0 amide bonds. The minimum atomic E-state index is 0.818. The summed E-state index contributed by atoms with van der Waals surface area (Å²) in [5.74, 6) is 0. The molecule has 0 aliphatic rings. The van der Waals surface area contributed by atoms with E-state index in [1.165, 1.54) is 0 Å². The predicted molar refractivity (Wildman–Crippen MR) is 49.8 cm³/mol. The van der Waals surface area contributed by atoms with Gasteiger partial charge in [-0.1, -0.05) is 0 Å². The fourth-order valence-corrected chi connectivity index (χ4v) is 1.66. The van der Waals surface area contributed by atoms with Crippen molar-refractivity contribution in [3.8, 4) is 10.6 Å². The van der Waals surface area contributed by atoms with Crippen LogP contribution >= 0.6 is 11.3 Å². The Balaban J connectivity index is 2.45. The van der Waals surface area contributed by atoms with Crippen molar-refractivity contribution < 1.29 is 0 Å². The lowest BCUT2D eigenvalue weighted by molar-refractivity contribution is 1.30. The Morgan fingerprint density at radius 2 is 2.33 bits per heavy atom. The van der Waals surface area contributed by atoms with E-state index in [0.29, 0.717) is 0 Å². The van der Waals surface area contributed by atoms with Crippen molar-refractivity contribution >= 4 is 11.3 Å². The van der Waals surface area contributed by atoms with E-state index >= 15 is 0 Å². The van der Waals surface area contributed by atoms with Crippen molar-refractivity contribution in [2.24, 2.45) is 0 Å². The molecule has 0 unspecified atom stereocenters. The molecule has 2 heterocycles. The van der Waals surface area contributed by atoms with Gasteiger partial charge in [0.25, 0.3) is 0 Å². The first kappa shape index (κ1) is 7.43. The summed E-state index contributed by atoms with van der Waals surface area (Å²) in [6.45, 7) is 3.75. The summed E-state index contributed by atoms with van der Waals surface area (Å²) < 4.78 is 0. The topological polar surface area (TPSA) is 25.8 Å². The fraction of sp³-hybridized carbons (Fsp3) is 0. The molecule has 0 saturated heterocycles. The maximum atomic E-state index is 4.25. The third-order valence-corrected chi connectivity index (χ3v) is 2.40. The Kier molecular flexibility index (Phi) is 1.87. The minimum absolute atomic E-state index is 0.818. The first-order valence-electron chi connectivity index (χ1n) is 3.54. The highest BCUT2D eigenvalue weighted by Gasteiger charge is 2.00. The summed E-state index contributed by atoms with van der Waals surface area (Å²) >= 11 is 1.59. The highest BCUT2D eigenvalue weighted by molar-refractivity contribution is 7.13. The molecule has 0 spiro atoms. The standard InChI is InChI=1S/C9H7N2S/c1-7-6-12-9(11-7)8-3-2-4-10-5-8/h2-6H,1H2. The molecule has 2 aromatic heterocycles. The van der Waals surface area contributed by atoms with E-state index in [2.05, 4.69) is 16.9 Å². The number of hydrogen-bond donors (Lipinski definition) is 0. The molecule has 2 aromatic rings. The molecule has 0 aliphatic heterocycles. The van der Waals surface area contributed by atoms with Crippen LogP contribution in [-0.2, 0) is 0 Å². The third-order valence-electron chi connectivity index (χ3n) is 1.46. The Morgan fingerprint density at radius 1 is 1.42 bits per heavy atom. The maximum Gasteiger partial charge on any atom is 0.125 e. The second kappa shape index (κ2) is 3.03. The van der Waals surface area contributed by atoms with E-state index < -0.39 is 0 Å². The van der Waals surface area contributed by atoms with E-state index in [-0.39, 0.29) is 0 Å². The monoisotopic (exact) mass is 175 g/mol. The highest BCUT2D eigenvalue weighted by Crippen LogP contribution is 2.21. The van der Waals surface area contributed by atoms with E-state index in [1.54, 1.807) is 23.7 Å². The van der Waals surface area contributed by atoms with Crippen LogP contribution < -0.4 is 0 Å². The number of pyridine rings is 1. The Hall–Kier alpha value is -1.22. The molecule has 12 heavy (non-hydrogen) atoms. The minimum Gasteiger partial charge on any atom is -0.264 e. The number of thiazole rings is 1. The van der Waals surface area contributed by atoms with E-state index in [1.807, 2.05) is 17.5 Å². The van der Waals surface area contributed by atoms with Crippen LogP contribution in [0.1, 0.15) is 5.69 Å². The third kappa shape index (κ3) is 1.36. The summed E-state index contributed by atoms with van der Waals surface area (Å²) in [6.07, 6.45) is 3.56. The molecule has 2 rings (SSSR count). The second-order valence-electron chi connectivity index (χ2n) is 2.39. The zero-order valence-electron chi connectivity index (χ0n) is 6.40. The van der Waals surface area contributed by atoms with Crippen LogP contribution in [0.25, 0.3) is 10.6 Å². The average Bonchev–Trinajstić information content (AvgIpc) is 2.54. The molecular formula is C9H7N2S. The molecule has 0 saturated carbocycles. The Bertz CT molecular complexity index is 367. The normalized spacial score (nSPS) is 10.1. The Morgan fingerprint density at radius 3 is 2.92 bits per heavy atom. The van der Waals surface area contributed by atoms with E-state index in [9.17, 15) is 0 Å². The zero-order chi connectivity index (χ0) is 8.39. The van der Waals surface area contributed by atoms with Crippen molar-refractivity contribution in [1.82, 2.24) is 9.97 Å². The van der Waals surface area contributed by atoms with Gasteiger partial charge >= 0.3 is 0 Å². The van der Waals surface area contributed by atoms with Gasteiger partial charge in [-0.05, 0) is 19.1 Å². The molecule has 59 valence electrons. The first-order valence-corrected chi connectivity index (χ1v) is 4.42. The Labute approximate surface area is 74.9 Å². The van der Waals surface area contributed by atoms with E-state index in [0.717, 1.165) is 16.3 Å². The number of hydrogen-bond acceptors (Lipinski definition) is 3. The van der Waals surface area contributed by atoms with Crippen LogP contribution in [0.3, 0.4) is 0 Å². The van der Waals surface area contributed by atoms with Crippen molar-refractivity contribution in [3.05, 3.63) is 42.5 Å². The second-order valence-corrected chi connectivity index (χ2v) is 3.24. The van der Waals surface area contributed by atoms with Gasteiger partial charge in [-0.2, -0.15) is 0 Å². The molecule has 0 fully saturated rings. The molecular weight excluding hydrogens is 168 g/mol. The van der Waals surface area contributed by atoms with Crippen LogP contribution in [0.2, 0.25) is 0 Å². The average molecular weight is 175 g/mol. The quantitative estimate of drug-likeness (QED) is 0.665. The lowest BCUT2D eigenvalue weighted by Gasteiger charge is -1.91. The molecule has 1 radical (unpaired) electrons. The van der Waals surface area contributed by atoms with Gasteiger partial charge in [0.05, 0.1) is 5.69 Å².